The zero-order chi connectivity index (χ0) is 12.1. The highest BCUT2D eigenvalue weighted by Gasteiger charge is 2.11. The van der Waals surface area contributed by atoms with Gasteiger partial charge in [-0.15, -0.1) is 11.8 Å². The minimum Gasteiger partial charge on any atom is -0.481 e. The highest BCUT2D eigenvalue weighted by Crippen LogP contribution is 2.36. The van der Waals surface area contributed by atoms with E-state index in [1.165, 1.54) is 11.8 Å². The van der Waals surface area contributed by atoms with Crippen LogP contribution in [0.15, 0.2) is 23.1 Å². The number of hydrogen-bond acceptors (Lipinski definition) is 3. The van der Waals surface area contributed by atoms with Crippen LogP contribution in [0.25, 0.3) is 0 Å². The van der Waals surface area contributed by atoms with Gasteiger partial charge in [-0.3, -0.25) is 4.79 Å². The van der Waals surface area contributed by atoms with E-state index in [0.717, 1.165) is 4.90 Å². The fourth-order valence-corrected chi connectivity index (χ4v) is 2.58. The monoisotopic (exact) mass is 259 g/mol. The summed E-state index contributed by atoms with van der Waals surface area (Å²) in [5.74, 6) is -0.778. The normalized spacial score (nSPS) is 12.4. The zero-order valence-corrected chi connectivity index (χ0v) is 10.5. The molecule has 0 fully saturated rings. The fourth-order valence-electron chi connectivity index (χ4n) is 1.24. The van der Waals surface area contributed by atoms with Crippen LogP contribution in [0.2, 0.25) is 5.02 Å². The van der Waals surface area contributed by atoms with Crippen molar-refractivity contribution < 1.29 is 9.90 Å². The maximum atomic E-state index is 10.4. The first kappa shape index (κ1) is 13.2. The number of carboxylic acid groups (broad SMARTS) is 1. The molecule has 3 nitrogen and oxygen atoms in total. The highest BCUT2D eigenvalue weighted by molar-refractivity contribution is 8.00. The van der Waals surface area contributed by atoms with E-state index in [1.54, 1.807) is 18.2 Å². The molecule has 0 amide bonds. The van der Waals surface area contributed by atoms with Gasteiger partial charge in [-0.1, -0.05) is 24.6 Å². The predicted octanol–water partition coefficient (Wildman–Crippen LogP) is 3.27. The van der Waals surface area contributed by atoms with Crippen LogP contribution < -0.4 is 5.73 Å². The van der Waals surface area contributed by atoms with Gasteiger partial charge in [0.25, 0.3) is 0 Å². The van der Waals surface area contributed by atoms with Crippen molar-refractivity contribution in [2.75, 3.05) is 5.73 Å². The molecular formula is C11H14ClNO2S. The van der Waals surface area contributed by atoms with E-state index in [-0.39, 0.29) is 11.7 Å². The summed E-state index contributed by atoms with van der Waals surface area (Å²) in [4.78, 5) is 11.3. The number of carbonyl (C=O) groups is 1. The molecule has 1 aromatic rings. The van der Waals surface area contributed by atoms with Crippen molar-refractivity contribution >= 4 is 35.0 Å². The smallest absolute Gasteiger partial charge is 0.303 e. The first-order chi connectivity index (χ1) is 7.50. The van der Waals surface area contributed by atoms with Crippen LogP contribution in [0.1, 0.15) is 19.8 Å². The Kier molecular flexibility index (Phi) is 4.96. The number of thioether (sulfide) groups is 1. The molecule has 0 aliphatic carbocycles. The molecule has 3 N–H and O–H groups in total. The standard InChI is InChI=1S/C11H14ClNO2S/c1-7(5-6-10(14)15)16-11-8(12)3-2-4-9(11)13/h2-4,7H,5-6,13H2,1H3,(H,14,15). The third kappa shape index (κ3) is 3.94. The molecule has 1 atom stereocenters. The lowest BCUT2D eigenvalue weighted by atomic mass is 10.2. The van der Waals surface area contributed by atoms with Gasteiger partial charge < -0.3 is 10.8 Å². The van der Waals surface area contributed by atoms with Gasteiger partial charge in [-0.2, -0.15) is 0 Å². The third-order valence-electron chi connectivity index (χ3n) is 2.08. The maximum Gasteiger partial charge on any atom is 0.303 e. The molecule has 1 aromatic carbocycles. The zero-order valence-electron chi connectivity index (χ0n) is 8.94. The first-order valence-corrected chi connectivity index (χ1v) is 6.19. The summed E-state index contributed by atoms with van der Waals surface area (Å²) in [5, 5.41) is 9.37. The quantitative estimate of drug-likeness (QED) is 0.629. The molecule has 0 aromatic heterocycles. The van der Waals surface area contributed by atoms with Gasteiger partial charge in [0.15, 0.2) is 0 Å². The molecule has 0 radical (unpaired) electrons. The van der Waals surface area contributed by atoms with Gasteiger partial charge in [0.1, 0.15) is 0 Å². The average Bonchev–Trinajstić information content (AvgIpc) is 2.21. The average molecular weight is 260 g/mol. The molecule has 0 heterocycles. The number of carboxylic acids is 1. The van der Waals surface area contributed by atoms with E-state index in [4.69, 9.17) is 22.4 Å². The van der Waals surface area contributed by atoms with Crippen LogP contribution in [-0.2, 0) is 4.79 Å². The number of rotatable bonds is 5. The molecule has 88 valence electrons. The Bertz CT molecular complexity index is 364. The Labute approximate surface area is 104 Å². The van der Waals surface area contributed by atoms with E-state index in [2.05, 4.69) is 0 Å². The summed E-state index contributed by atoms with van der Waals surface area (Å²) in [7, 11) is 0. The summed E-state index contributed by atoms with van der Waals surface area (Å²) < 4.78 is 0. The molecule has 0 aliphatic heterocycles. The fraction of sp³-hybridized carbons (Fsp3) is 0.364. The Morgan fingerprint density at radius 2 is 2.31 bits per heavy atom. The Hall–Kier alpha value is -0.870. The first-order valence-electron chi connectivity index (χ1n) is 4.93. The number of hydrogen-bond donors (Lipinski definition) is 2. The molecule has 5 heteroatoms. The molecule has 0 spiro atoms. The van der Waals surface area contributed by atoms with E-state index in [0.29, 0.717) is 17.1 Å². The number of nitrogens with two attached hydrogens (primary N) is 1. The highest BCUT2D eigenvalue weighted by atomic mass is 35.5. The predicted molar refractivity (Wildman–Crippen MR) is 68.1 cm³/mol. The maximum absolute atomic E-state index is 10.4. The van der Waals surface area contributed by atoms with Gasteiger partial charge >= 0.3 is 5.97 Å². The van der Waals surface area contributed by atoms with Crippen LogP contribution in [-0.4, -0.2) is 16.3 Å². The summed E-state index contributed by atoms with van der Waals surface area (Å²) in [5.41, 5.74) is 6.44. The molecule has 16 heavy (non-hydrogen) atoms. The Morgan fingerprint density at radius 3 is 2.88 bits per heavy atom. The lowest BCUT2D eigenvalue weighted by Gasteiger charge is -2.12. The third-order valence-corrected chi connectivity index (χ3v) is 3.84. The van der Waals surface area contributed by atoms with Crippen molar-refractivity contribution in [1.82, 2.24) is 0 Å². The summed E-state index contributed by atoms with van der Waals surface area (Å²) >= 11 is 7.54. The van der Waals surface area contributed by atoms with Crippen LogP contribution in [0.3, 0.4) is 0 Å². The second-order valence-electron chi connectivity index (χ2n) is 3.52. The number of halogens is 1. The molecule has 0 saturated heterocycles. The Balaban J connectivity index is 2.62. The van der Waals surface area contributed by atoms with Gasteiger partial charge in [-0.05, 0) is 18.6 Å². The van der Waals surface area contributed by atoms with Crippen LogP contribution >= 0.6 is 23.4 Å². The second kappa shape index (κ2) is 6.01. The van der Waals surface area contributed by atoms with Crippen molar-refractivity contribution in [3.8, 4) is 0 Å². The van der Waals surface area contributed by atoms with Gasteiger partial charge in [-0.25, -0.2) is 0 Å². The largest absolute Gasteiger partial charge is 0.481 e. The summed E-state index contributed by atoms with van der Waals surface area (Å²) in [6.45, 7) is 1.97. The van der Waals surface area contributed by atoms with Crippen LogP contribution in [0.5, 0.6) is 0 Å². The van der Waals surface area contributed by atoms with Gasteiger partial charge in [0, 0.05) is 22.3 Å². The van der Waals surface area contributed by atoms with Crippen molar-refractivity contribution in [1.29, 1.82) is 0 Å². The van der Waals surface area contributed by atoms with Crippen LogP contribution in [0.4, 0.5) is 5.69 Å². The minimum atomic E-state index is -0.778. The van der Waals surface area contributed by atoms with E-state index >= 15 is 0 Å². The van der Waals surface area contributed by atoms with Crippen molar-refractivity contribution in [3.63, 3.8) is 0 Å². The molecule has 0 aliphatic rings. The van der Waals surface area contributed by atoms with Crippen LogP contribution in [0, 0.1) is 0 Å². The molecule has 0 saturated carbocycles. The lowest BCUT2D eigenvalue weighted by molar-refractivity contribution is -0.137. The van der Waals surface area contributed by atoms with Gasteiger partial charge in [0.05, 0.1) is 5.02 Å². The molecule has 1 unspecified atom stereocenters. The molecule has 0 bridgehead atoms. The summed E-state index contributed by atoms with van der Waals surface area (Å²) in [6, 6.07) is 5.37. The summed E-state index contributed by atoms with van der Waals surface area (Å²) in [6.07, 6.45) is 0.767. The Morgan fingerprint density at radius 1 is 1.62 bits per heavy atom. The van der Waals surface area contributed by atoms with Crippen molar-refractivity contribution in [2.24, 2.45) is 0 Å². The number of nitrogen functional groups attached to an aromatic ring is 1. The lowest BCUT2D eigenvalue weighted by Crippen LogP contribution is -2.03. The van der Waals surface area contributed by atoms with E-state index in [1.807, 2.05) is 6.92 Å². The van der Waals surface area contributed by atoms with Crippen molar-refractivity contribution in [3.05, 3.63) is 23.2 Å². The van der Waals surface area contributed by atoms with E-state index < -0.39 is 5.97 Å². The molecule has 1 rings (SSSR count). The van der Waals surface area contributed by atoms with Gasteiger partial charge in [0.2, 0.25) is 0 Å². The van der Waals surface area contributed by atoms with E-state index in [9.17, 15) is 4.79 Å². The minimum absolute atomic E-state index is 0.165. The number of aliphatic carboxylic acids is 1. The topological polar surface area (TPSA) is 63.3 Å². The number of anilines is 1. The second-order valence-corrected chi connectivity index (χ2v) is 5.37. The number of benzene rings is 1. The SMILES string of the molecule is CC(CCC(=O)O)Sc1c(N)cccc1Cl. The van der Waals surface area contributed by atoms with Crippen molar-refractivity contribution in [2.45, 2.75) is 29.9 Å². The molecular weight excluding hydrogens is 246 g/mol.